The van der Waals surface area contributed by atoms with Crippen LogP contribution in [-0.2, 0) is 4.74 Å². The predicted octanol–water partition coefficient (Wildman–Crippen LogP) is -0.584. The van der Waals surface area contributed by atoms with Crippen molar-refractivity contribution < 1.29 is 4.74 Å². The van der Waals surface area contributed by atoms with Crippen LogP contribution >= 0.6 is 0 Å². The molecule has 0 aromatic rings. The van der Waals surface area contributed by atoms with Crippen LogP contribution in [0.15, 0.2) is 0 Å². The van der Waals surface area contributed by atoms with E-state index in [2.05, 4.69) is 17.0 Å². The Kier molecular flexibility index (Phi) is 3.97. The van der Waals surface area contributed by atoms with Crippen LogP contribution in [0.3, 0.4) is 0 Å². The van der Waals surface area contributed by atoms with Gasteiger partial charge >= 0.3 is 0 Å². The summed E-state index contributed by atoms with van der Waals surface area (Å²) in [4.78, 5) is 0. The van der Waals surface area contributed by atoms with Gasteiger partial charge in [-0.15, -0.1) is 0 Å². The van der Waals surface area contributed by atoms with Crippen molar-refractivity contribution in [2.75, 3.05) is 6.61 Å². The number of nitriles is 1. The second kappa shape index (κ2) is 5.06. The molecule has 4 N–H and O–H groups in total. The van der Waals surface area contributed by atoms with Crippen LogP contribution in [0.4, 0.5) is 0 Å². The number of hydrazine groups is 2. The highest BCUT2D eigenvalue weighted by Crippen LogP contribution is 2.15. The number of nitrogens with two attached hydrogens (primary N) is 1. The van der Waals surface area contributed by atoms with Gasteiger partial charge in [-0.05, 0) is 12.8 Å². The van der Waals surface area contributed by atoms with E-state index in [9.17, 15) is 0 Å². The van der Waals surface area contributed by atoms with Crippen LogP contribution in [0.5, 0.6) is 0 Å². The average molecular weight is 170 g/mol. The Labute approximate surface area is 71.8 Å². The normalized spacial score (nSPS) is 29.7. The van der Waals surface area contributed by atoms with E-state index in [0.717, 1.165) is 12.8 Å². The molecule has 0 spiro atoms. The lowest BCUT2D eigenvalue weighted by Gasteiger charge is -2.27. The third kappa shape index (κ3) is 2.75. The molecule has 0 aromatic carbocycles. The second-order valence-corrected chi connectivity index (χ2v) is 2.88. The van der Waals surface area contributed by atoms with Crippen molar-refractivity contribution in [3.8, 4) is 6.07 Å². The summed E-state index contributed by atoms with van der Waals surface area (Å²) >= 11 is 0. The zero-order valence-corrected chi connectivity index (χ0v) is 6.92. The summed E-state index contributed by atoms with van der Waals surface area (Å²) in [6.45, 7) is 0.622. The summed E-state index contributed by atoms with van der Waals surface area (Å²) in [5.74, 6) is 5.08. The summed E-state index contributed by atoms with van der Waals surface area (Å²) in [6.07, 6.45) is 2.53. The molecule has 0 unspecified atom stereocenters. The maximum atomic E-state index is 8.41. The fraction of sp³-hybridized carbons (Fsp3) is 0.857. The molecule has 0 aliphatic carbocycles. The first-order valence-electron chi connectivity index (χ1n) is 4.06. The smallest absolute Gasteiger partial charge is 0.0706 e. The van der Waals surface area contributed by atoms with Crippen molar-refractivity contribution in [2.45, 2.75) is 31.4 Å². The maximum Gasteiger partial charge on any atom is 0.0706 e. The van der Waals surface area contributed by atoms with Gasteiger partial charge < -0.3 is 4.74 Å². The van der Waals surface area contributed by atoms with Crippen molar-refractivity contribution >= 4 is 0 Å². The van der Waals surface area contributed by atoms with E-state index in [-0.39, 0.29) is 12.1 Å². The Morgan fingerprint density at radius 2 is 2.42 bits per heavy atom. The minimum Gasteiger partial charge on any atom is -0.375 e. The third-order valence-electron chi connectivity index (χ3n) is 1.98. The predicted molar refractivity (Wildman–Crippen MR) is 43.5 cm³/mol. The monoisotopic (exact) mass is 170 g/mol. The van der Waals surface area contributed by atoms with Crippen LogP contribution in [0.2, 0.25) is 0 Å². The first-order valence-corrected chi connectivity index (χ1v) is 4.06. The highest BCUT2D eigenvalue weighted by atomic mass is 16.5. The van der Waals surface area contributed by atoms with Crippen molar-refractivity contribution in [3.63, 3.8) is 0 Å². The number of hydrogen-bond donors (Lipinski definition) is 3. The van der Waals surface area contributed by atoms with E-state index in [1.54, 1.807) is 0 Å². The molecular formula is C7H14N4O. The molecule has 0 aromatic heterocycles. The van der Waals surface area contributed by atoms with Gasteiger partial charge in [-0.3, -0.25) is 5.84 Å². The van der Waals surface area contributed by atoms with Gasteiger partial charge in [0.05, 0.1) is 25.2 Å². The lowest BCUT2D eigenvalue weighted by atomic mass is 10.0. The number of hydrogen-bond acceptors (Lipinski definition) is 5. The fourth-order valence-electron chi connectivity index (χ4n) is 1.30. The molecule has 1 heterocycles. The lowest BCUT2D eigenvalue weighted by molar-refractivity contribution is -0.00260. The summed E-state index contributed by atoms with van der Waals surface area (Å²) < 4.78 is 5.40. The molecule has 68 valence electrons. The number of nitrogens with one attached hydrogen (secondary N) is 2. The second-order valence-electron chi connectivity index (χ2n) is 2.88. The topological polar surface area (TPSA) is 83.1 Å². The SMILES string of the molecule is N#CC[C@H]1CC[C@H](NNN)CO1. The Morgan fingerprint density at radius 3 is 2.92 bits per heavy atom. The molecule has 1 aliphatic rings. The molecule has 1 rings (SSSR count). The van der Waals surface area contributed by atoms with E-state index >= 15 is 0 Å². The standard InChI is InChI=1S/C7H14N4O/c8-4-3-7-2-1-6(5-12-7)10-11-9/h6-7,10-11H,1-3,5,9H2/t6-,7+/m0/s1. The number of rotatable bonds is 3. The molecule has 5 heteroatoms. The summed E-state index contributed by atoms with van der Waals surface area (Å²) in [7, 11) is 0. The average Bonchev–Trinajstić information content (AvgIpc) is 2.09. The highest BCUT2D eigenvalue weighted by molar-refractivity contribution is 4.81. The largest absolute Gasteiger partial charge is 0.375 e. The zero-order valence-electron chi connectivity index (χ0n) is 6.92. The van der Waals surface area contributed by atoms with Gasteiger partial charge in [-0.1, -0.05) is 0 Å². The van der Waals surface area contributed by atoms with Crippen LogP contribution in [-0.4, -0.2) is 18.8 Å². The maximum absolute atomic E-state index is 8.41. The minimum absolute atomic E-state index is 0.117. The van der Waals surface area contributed by atoms with Crippen LogP contribution in [0.1, 0.15) is 19.3 Å². The molecule has 1 fully saturated rings. The molecule has 0 bridgehead atoms. The fourth-order valence-corrected chi connectivity index (χ4v) is 1.30. The van der Waals surface area contributed by atoms with Crippen LogP contribution in [0, 0.1) is 11.3 Å². The quantitative estimate of drug-likeness (QED) is 0.390. The van der Waals surface area contributed by atoms with E-state index in [4.69, 9.17) is 15.8 Å². The van der Waals surface area contributed by atoms with Crippen molar-refractivity contribution in [1.82, 2.24) is 11.0 Å². The van der Waals surface area contributed by atoms with E-state index in [0.29, 0.717) is 13.0 Å². The molecule has 0 amide bonds. The molecule has 1 saturated heterocycles. The number of nitrogens with zero attached hydrogens (tertiary/aromatic N) is 1. The molecule has 5 nitrogen and oxygen atoms in total. The van der Waals surface area contributed by atoms with Crippen molar-refractivity contribution in [2.24, 2.45) is 5.84 Å². The molecule has 2 atom stereocenters. The third-order valence-corrected chi connectivity index (χ3v) is 1.98. The Hall–Kier alpha value is -0.670. The molecular weight excluding hydrogens is 156 g/mol. The summed E-state index contributed by atoms with van der Waals surface area (Å²) in [6, 6.07) is 2.37. The molecule has 0 saturated carbocycles. The molecule has 0 radical (unpaired) electrons. The van der Waals surface area contributed by atoms with Gasteiger partial charge in [0.25, 0.3) is 0 Å². The summed E-state index contributed by atoms with van der Waals surface area (Å²) in [5.41, 5.74) is 5.26. The van der Waals surface area contributed by atoms with E-state index in [1.165, 1.54) is 0 Å². The Bertz CT molecular complexity index is 159. The Balaban J connectivity index is 2.16. The van der Waals surface area contributed by atoms with Crippen molar-refractivity contribution in [1.29, 1.82) is 5.26 Å². The Morgan fingerprint density at radius 1 is 1.58 bits per heavy atom. The zero-order chi connectivity index (χ0) is 8.81. The van der Waals surface area contributed by atoms with E-state index < -0.39 is 0 Å². The van der Waals surface area contributed by atoms with Crippen LogP contribution < -0.4 is 16.8 Å². The van der Waals surface area contributed by atoms with Gasteiger partial charge in [0, 0.05) is 6.04 Å². The lowest BCUT2D eigenvalue weighted by Crippen LogP contribution is -2.49. The van der Waals surface area contributed by atoms with Crippen LogP contribution in [0.25, 0.3) is 0 Å². The van der Waals surface area contributed by atoms with Gasteiger partial charge in [0.15, 0.2) is 0 Å². The minimum atomic E-state index is 0.117. The van der Waals surface area contributed by atoms with Gasteiger partial charge in [-0.25, -0.2) is 5.43 Å². The van der Waals surface area contributed by atoms with Gasteiger partial charge in [0.1, 0.15) is 0 Å². The highest BCUT2D eigenvalue weighted by Gasteiger charge is 2.20. The molecule has 12 heavy (non-hydrogen) atoms. The number of ether oxygens (including phenoxy) is 1. The first kappa shape index (κ1) is 9.42. The molecule has 1 aliphatic heterocycles. The van der Waals surface area contributed by atoms with Crippen molar-refractivity contribution in [3.05, 3.63) is 0 Å². The van der Waals surface area contributed by atoms with E-state index in [1.807, 2.05) is 0 Å². The van der Waals surface area contributed by atoms with Gasteiger partial charge in [-0.2, -0.15) is 10.8 Å². The summed E-state index contributed by atoms with van der Waals surface area (Å²) in [5, 5.41) is 8.41. The van der Waals surface area contributed by atoms with Gasteiger partial charge in [0.2, 0.25) is 0 Å². The first-order chi connectivity index (χ1) is 5.86.